The lowest BCUT2D eigenvalue weighted by atomic mass is 10.0. The number of rotatable bonds is 3. The van der Waals surface area contributed by atoms with Crippen LogP contribution in [-0.4, -0.2) is 16.5 Å². The molecule has 1 nitrogen and oxygen atoms in total. The van der Waals surface area contributed by atoms with E-state index in [0.29, 0.717) is 6.04 Å². The van der Waals surface area contributed by atoms with Crippen LogP contribution in [0, 0.1) is 0 Å². The second kappa shape index (κ2) is 4.80. The number of nitrogens with zero attached hydrogens (tertiary/aromatic N) is 1. The van der Waals surface area contributed by atoms with Crippen LogP contribution in [0.4, 0.5) is 0 Å². The Balaban J connectivity index is 2.77. The molecule has 0 radical (unpaired) electrons. The summed E-state index contributed by atoms with van der Waals surface area (Å²) in [4.78, 5) is 2.52. The third-order valence-electron chi connectivity index (χ3n) is 2.68. The zero-order valence-corrected chi connectivity index (χ0v) is 10.6. The highest BCUT2D eigenvalue weighted by Crippen LogP contribution is 2.20. The van der Waals surface area contributed by atoms with Crippen LogP contribution < -0.4 is 0 Å². The van der Waals surface area contributed by atoms with Crippen molar-refractivity contribution < 1.29 is 0 Å². The summed E-state index contributed by atoms with van der Waals surface area (Å²) < 4.78 is 0. The van der Waals surface area contributed by atoms with Crippen molar-refractivity contribution in [3.63, 3.8) is 0 Å². The fourth-order valence-electron chi connectivity index (χ4n) is 1.97. The van der Waals surface area contributed by atoms with Crippen molar-refractivity contribution in [3.05, 3.63) is 35.9 Å². The Morgan fingerprint density at radius 1 is 1.07 bits per heavy atom. The molecular formula is C14H23N. The van der Waals surface area contributed by atoms with Gasteiger partial charge in [-0.3, -0.25) is 4.90 Å². The molecule has 0 heterocycles. The molecule has 0 aliphatic heterocycles. The molecule has 84 valence electrons. The summed E-state index contributed by atoms with van der Waals surface area (Å²) in [6, 6.07) is 11.3. The second-order valence-electron chi connectivity index (χ2n) is 5.38. The average Bonchev–Trinajstić information content (AvgIpc) is 2.13. The first kappa shape index (κ1) is 12.3. The van der Waals surface area contributed by atoms with E-state index < -0.39 is 0 Å². The van der Waals surface area contributed by atoms with E-state index in [9.17, 15) is 0 Å². The topological polar surface area (TPSA) is 3.24 Å². The third-order valence-corrected chi connectivity index (χ3v) is 2.68. The standard InChI is InChI=1S/C14H23N/c1-12(2)15(14(3,4)5)11-13-9-7-6-8-10-13/h6-10,12H,11H2,1-5H3. The maximum absolute atomic E-state index is 2.52. The Morgan fingerprint density at radius 3 is 2.00 bits per heavy atom. The molecule has 0 amide bonds. The molecule has 0 aliphatic rings. The fourth-order valence-corrected chi connectivity index (χ4v) is 1.97. The quantitative estimate of drug-likeness (QED) is 0.727. The van der Waals surface area contributed by atoms with Crippen molar-refractivity contribution in [1.29, 1.82) is 0 Å². The lowest BCUT2D eigenvalue weighted by Crippen LogP contribution is -2.45. The molecule has 0 aromatic heterocycles. The van der Waals surface area contributed by atoms with E-state index in [1.807, 2.05) is 0 Å². The van der Waals surface area contributed by atoms with Crippen molar-refractivity contribution in [3.8, 4) is 0 Å². The lowest BCUT2D eigenvalue weighted by molar-refractivity contribution is 0.0901. The third kappa shape index (κ3) is 3.67. The highest BCUT2D eigenvalue weighted by molar-refractivity contribution is 5.14. The molecule has 0 spiro atoms. The zero-order chi connectivity index (χ0) is 11.5. The van der Waals surface area contributed by atoms with Gasteiger partial charge in [0.1, 0.15) is 0 Å². The highest BCUT2D eigenvalue weighted by atomic mass is 15.2. The fraction of sp³-hybridized carbons (Fsp3) is 0.571. The molecule has 0 bridgehead atoms. The van der Waals surface area contributed by atoms with Crippen molar-refractivity contribution in [2.45, 2.75) is 52.7 Å². The van der Waals surface area contributed by atoms with E-state index in [2.05, 4.69) is 69.9 Å². The number of hydrogen-bond acceptors (Lipinski definition) is 1. The summed E-state index contributed by atoms with van der Waals surface area (Å²) in [6.07, 6.45) is 0. The van der Waals surface area contributed by atoms with Gasteiger partial charge in [0.2, 0.25) is 0 Å². The summed E-state index contributed by atoms with van der Waals surface area (Å²) >= 11 is 0. The van der Waals surface area contributed by atoms with E-state index in [1.165, 1.54) is 5.56 Å². The maximum atomic E-state index is 2.52. The molecule has 1 aromatic rings. The predicted molar refractivity (Wildman–Crippen MR) is 66.9 cm³/mol. The van der Waals surface area contributed by atoms with Crippen LogP contribution in [-0.2, 0) is 6.54 Å². The summed E-state index contributed by atoms with van der Waals surface area (Å²) in [6.45, 7) is 12.4. The van der Waals surface area contributed by atoms with Crippen molar-refractivity contribution in [2.75, 3.05) is 0 Å². The van der Waals surface area contributed by atoms with Gasteiger partial charge in [-0.05, 0) is 40.2 Å². The van der Waals surface area contributed by atoms with E-state index in [-0.39, 0.29) is 5.54 Å². The first-order valence-corrected chi connectivity index (χ1v) is 5.72. The first-order chi connectivity index (χ1) is 6.91. The first-order valence-electron chi connectivity index (χ1n) is 5.72. The smallest absolute Gasteiger partial charge is 0.0241 e. The summed E-state index contributed by atoms with van der Waals surface area (Å²) in [5.74, 6) is 0. The van der Waals surface area contributed by atoms with Gasteiger partial charge in [-0.25, -0.2) is 0 Å². The maximum Gasteiger partial charge on any atom is 0.0241 e. The Labute approximate surface area is 94.1 Å². The van der Waals surface area contributed by atoms with Gasteiger partial charge in [0.25, 0.3) is 0 Å². The Hall–Kier alpha value is -0.820. The van der Waals surface area contributed by atoms with Crippen molar-refractivity contribution in [1.82, 2.24) is 4.90 Å². The van der Waals surface area contributed by atoms with E-state index >= 15 is 0 Å². The largest absolute Gasteiger partial charge is 0.292 e. The predicted octanol–water partition coefficient (Wildman–Crippen LogP) is 3.70. The van der Waals surface area contributed by atoms with Gasteiger partial charge < -0.3 is 0 Å². The number of hydrogen-bond donors (Lipinski definition) is 0. The van der Waals surface area contributed by atoms with Crippen molar-refractivity contribution in [2.24, 2.45) is 0 Å². The van der Waals surface area contributed by atoms with Crippen LogP contribution >= 0.6 is 0 Å². The Morgan fingerprint density at radius 2 is 1.60 bits per heavy atom. The molecule has 15 heavy (non-hydrogen) atoms. The van der Waals surface area contributed by atoms with E-state index in [1.54, 1.807) is 0 Å². The molecule has 0 atom stereocenters. The Kier molecular flexibility index (Phi) is 3.92. The highest BCUT2D eigenvalue weighted by Gasteiger charge is 2.23. The minimum Gasteiger partial charge on any atom is -0.292 e. The summed E-state index contributed by atoms with van der Waals surface area (Å²) in [7, 11) is 0. The normalized spacial score (nSPS) is 12.5. The Bertz CT molecular complexity index is 282. The van der Waals surface area contributed by atoms with Crippen LogP contribution in [0.3, 0.4) is 0 Å². The molecule has 1 aromatic carbocycles. The molecular weight excluding hydrogens is 182 g/mol. The summed E-state index contributed by atoms with van der Waals surface area (Å²) in [5, 5.41) is 0. The van der Waals surface area contributed by atoms with Crippen LogP contribution in [0.5, 0.6) is 0 Å². The lowest BCUT2D eigenvalue weighted by Gasteiger charge is -2.39. The summed E-state index contributed by atoms with van der Waals surface area (Å²) in [5.41, 5.74) is 1.62. The molecule has 0 N–H and O–H groups in total. The van der Waals surface area contributed by atoms with Gasteiger partial charge in [0.05, 0.1) is 0 Å². The molecule has 0 saturated carbocycles. The average molecular weight is 205 g/mol. The van der Waals surface area contributed by atoms with Gasteiger partial charge in [0.15, 0.2) is 0 Å². The van der Waals surface area contributed by atoms with E-state index in [4.69, 9.17) is 0 Å². The monoisotopic (exact) mass is 205 g/mol. The molecule has 1 heteroatoms. The molecule has 0 unspecified atom stereocenters. The van der Waals surface area contributed by atoms with Crippen LogP contribution in [0.1, 0.15) is 40.2 Å². The van der Waals surface area contributed by atoms with Gasteiger partial charge in [-0.2, -0.15) is 0 Å². The SMILES string of the molecule is CC(C)N(Cc1ccccc1)C(C)(C)C. The minimum absolute atomic E-state index is 0.226. The molecule has 0 aliphatic carbocycles. The molecule has 0 fully saturated rings. The van der Waals surface area contributed by atoms with Crippen LogP contribution in [0.2, 0.25) is 0 Å². The van der Waals surface area contributed by atoms with Gasteiger partial charge in [0, 0.05) is 18.1 Å². The minimum atomic E-state index is 0.226. The van der Waals surface area contributed by atoms with Crippen LogP contribution in [0.25, 0.3) is 0 Å². The van der Waals surface area contributed by atoms with E-state index in [0.717, 1.165) is 6.54 Å². The van der Waals surface area contributed by atoms with Gasteiger partial charge in [-0.1, -0.05) is 30.3 Å². The number of benzene rings is 1. The van der Waals surface area contributed by atoms with Crippen molar-refractivity contribution >= 4 is 0 Å². The van der Waals surface area contributed by atoms with Gasteiger partial charge >= 0.3 is 0 Å². The zero-order valence-electron chi connectivity index (χ0n) is 10.6. The molecule has 1 rings (SSSR count). The van der Waals surface area contributed by atoms with Gasteiger partial charge in [-0.15, -0.1) is 0 Å². The van der Waals surface area contributed by atoms with Crippen LogP contribution in [0.15, 0.2) is 30.3 Å². The molecule has 0 saturated heterocycles. The second-order valence-corrected chi connectivity index (χ2v) is 5.38.